The van der Waals surface area contributed by atoms with Crippen molar-refractivity contribution in [3.63, 3.8) is 0 Å². The lowest BCUT2D eigenvalue weighted by molar-refractivity contribution is 0.746. The summed E-state index contributed by atoms with van der Waals surface area (Å²) >= 11 is 0. The zero-order valence-corrected chi connectivity index (χ0v) is 9.92. The lowest BCUT2D eigenvalue weighted by Crippen LogP contribution is -2.09. The minimum Gasteiger partial charge on any atom is -0.323 e. The van der Waals surface area contributed by atoms with Gasteiger partial charge < -0.3 is 5.73 Å². The first kappa shape index (κ1) is 14.0. The first-order valence-corrected chi connectivity index (χ1v) is 4.87. The van der Waals surface area contributed by atoms with Gasteiger partial charge in [0.25, 0.3) is 0 Å². The van der Waals surface area contributed by atoms with Gasteiger partial charge >= 0.3 is 0 Å². The van der Waals surface area contributed by atoms with Crippen LogP contribution in [0.3, 0.4) is 0 Å². The van der Waals surface area contributed by atoms with Gasteiger partial charge in [0.05, 0.1) is 12.5 Å². The molecule has 1 aromatic rings. The molecular weight excluding hydrogens is 208 g/mol. The van der Waals surface area contributed by atoms with Gasteiger partial charge in [0.15, 0.2) is 0 Å². The Balaban J connectivity index is 0.00000196. The highest BCUT2D eigenvalue weighted by atomic mass is 35.5. The van der Waals surface area contributed by atoms with E-state index in [1.807, 2.05) is 12.1 Å². The molecule has 0 aliphatic rings. The quantitative estimate of drug-likeness (QED) is 0.858. The van der Waals surface area contributed by atoms with Crippen molar-refractivity contribution < 1.29 is 0 Å². The van der Waals surface area contributed by atoms with Crippen molar-refractivity contribution in [3.05, 3.63) is 35.4 Å². The Morgan fingerprint density at radius 2 is 1.67 bits per heavy atom. The number of rotatable bonds is 3. The summed E-state index contributed by atoms with van der Waals surface area (Å²) in [5.41, 5.74) is 8.15. The number of hydrogen-bond donors (Lipinski definition) is 1. The molecule has 0 unspecified atom stereocenters. The van der Waals surface area contributed by atoms with Crippen molar-refractivity contribution in [2.24, 2.45) is 5.73 Å². The van der Waals surface area contributed by atoms with Crippen molar-refractivity contribution in [3.8, 4) is 6.07 Å². The van der Waals surface area contributed by atoms with Crippen LogP contribution in [0.2, 0.25) is 0 Å². The minimum absolute atomic E-state index is 0. The molecule has 15 heavy (non-hydrogen) atoms. The van der Waals surface area contributed by atoms with Crippen LogP contribution in [0.25, 0.3) is 0 Å². The molecule has 3 heteroatoms. The van der Waals surface area contributed by atoms with Gasteiger partial charge in [-0.05, 0) is 17.0 Å². The van der Waals surface area contributed by atoms with Gasteiger partial charge in [-0.3, -0.25) is 0 Å². The molecule has 0 aromatic heterocycles. The van der Waals surface area contributed by atoms with Crippen LogP contribution in [0, 0.1) is 11.3 Å². The normalized spacial score (nSPS) is 11.7. The monoisotopic (exact) mass is 224 g/mol. The van der Waals surface area contributed by atoms with Crippen molar-refractivity contribution in [2.75, 3.05) is 0 Å². The molecule has 0 saturated heterocycles. The standard InChI is InChI=1S/C12H16N2.ClH/c1-9(2)10-3-5-11(6-4-10)12(14)7-8-13;/h3-6,9,12H,7,14H2,1-2H3;1H/t12-;/m0./s1. The third-order valence-electron chi connectivity index (χ3n) is 2.34. The average Bonchev–Trinajstić information content (AvgIpc) is 2.18. The van der Waals surface area contributed by atoms with Crippen molar-refractivity contribution in [1.82, 2.24) is 0 Å². The second kappa shape index (κ2) is 6.44. The summed E-state index contributed by atoms with van der Waals surface area (Å²) < 4.78 is 0. The molecule has 0 radical (unpaired) electrons. The second-order valence-electron chi connectivity index (χ2n) is 3.79. The third-order valence-corrected chi connectivity index (χ3v) is 2.34. The van der Waals surface area contributed by atoms with E-state index in [0.717, 1.165) is 5.56 Å². The molecule has 2 nitrogen and oxygen atoms in total. The highest BCUT2D eigenvalue weighted by Crippen LogP contribution is 2.18. The number of benzene rings is 1. The molecule has 2 N–H and O–H groups in total. The van der Waals surface area contributed by atoms with Crippen molar-refractivity contribution in [1.29, 1.82) is 5.26 Å². The van der Waals surface area contributed by atoms with Gasteiger partial charge in [-0.1, -0.05) is 38.1 Å². The van der Waals surface area contributed by atoms with Gasteiger partial charge in [0.1, 0.15) is 0 Å². The molecule has 0 aliphatic carbocycles. The SMILES string of the molecule is CC(C)c1ccc([C@@H](N)CC#N)cc1.Cl. The summed E-state index contributed by atoms with van der Waals surface area (Å²) in [6.45, 7) is 4.31. The van der Waals surface area contributed by atoms with E-state index >= 15 is 0 Å². The molecule has 0 bridgehead atoms. The Labute approximate surface area is 97.5 Å². The van der Waals surface area contributed by atoms with E-state index in [1.165, 1.54) is 5.56 Å². The first-order chi connectivity index (χ1) is 6.65. The molecule has 0 aliphatic heterocycles. The lowest BCUT2D eigenvalue weighted by Gasteiger charge is -2.10. The van der Waals surface area contributed by atoms with Crippen LogP contribution in [0.5, 0.6) is 0 Å². The minimum atomic E-state index is -0.152. The van der Waals surface area contributed by atoms with Crippen LogP contribution in [-0.2, 0) is 0 Å². The molecular formula is C12H17ClN2. The first-order valence-electron chi connectivity index (χ1n) is 4.87. The number of nitrogens with two attached hydrogens (primary N) is 1. The van der Waals surface area contributed by atoms with Crippen molar-refractivity contribution >= 4 is 12.4 Å². The van der Waals surface area contributed by atoms with Gasteiger partial charge in [-0.25, -0.2) is 0 Å². The summed E-state index contributed by atoms with van der Waals surface area (Å²) in [5.74, 6) is 0.538. The molecule has 1 atom stereocenters. The second-order valence-corrected chi connectivity index (χ2v) is 3.79. The maximum atomic E-state index is 8.51. The van der Waals surface area contributed by atoms with E-state index in [9.17, 15) is 0 Å². The molecule has 0 fully saturated rings. The third kappa shape index (κ3) is 3.91. The van der Waals surface area contributed by atoms with E-state index in [4.69, 9.17) is 11.0 Å². The Hall–Kier alpha value is -1.04. The zero-order chi connectivity index (χ0) is 10.6. The number of nitriles is 1. The van der Waals surface area contributed by atoms with E-state index in [-0.39, 0.29) is 18.4 Å². The van der Waals surface area contributed by atoms with E-state index in [0.29, 0.717) is 12.3 Å². The van der Waals surface area contributed by atoms with Gasteiger partial charge in [0, 0.05) is 6.04 Å². The van der Waals surface area contributed by atoms with Crippen LogP contribution in [0.1, 0.15) is 43.4 Å². The van der Waals surface area contributed by atoms with Crippen LogP contribution >= 0.6 is 12.4 Å². The predicted octanol–water partition coefficient (Wildman–Crippen LogP) is 3.15. The summed E-state index contributed by atoms with van der Waals surface area (Å²) in [6.07, 6.45) is 0.376. The molecule has 0 saturated carbocycles. The smallest absolute Gasteiger partial charge is 0.0641 e. The van der Waals surface area contributed by atoms with E-state index < -0.39 is 0 Å². The van der Waals surface area contributed by atoms with Crippen molar-refractivity contribution in [2.45, 2.75) is 32.2 Å². The summed E-state index contributed by atoms with van der Waals surface area (Å²) in [5, 5.41) is 8.51. The Kier molecular flexibility index (Phi) is 6.00. The fourth-order valence-electron chi connectivity index (χ4n) is 1.34. The Bertz CT molecular complexity index is 324. The van der Waals surface area contributed by atoms with E-state index in [2.05, 4.69) is 32.0 Å². The van der Waals surface area contributed by atoms with Crippen LogP contribution < -0.4 is 5.73 Å². The average molecular weight is 225 g/mol. The van der Waals surface area contributed by atoms with Crippen LogP contribution in [0.4, 0.5) is 0 Å². The van der Waals surface area contributed by atoms with Crippen LogP contribution in [0.15, 0.2) is 24.3 Å². The van der Waals surface area contributed by atoms with Crippen LogP contribution in [-0.4, -0.2) is 0 Å². The zero-order valence-electron chi connectivity index (χ0n) is 9.10. The lowest BCUT2D eigenvalue weighted by atomic mass is 9.98. The molecule has 0 spiro atoms. The summed E-state index contributed by atoms with van der Waals surface area (Å²) in [6, 6.07) is 10.1. The molecule has 82 valence electrons. The fraction of sp³-hybridized carbons (Fsp3) is 0.417. The summed E-state index contributed by atoms with van der Waals surface area (Å²) in [4.78, 5) is 0. The number of nitrogens with zero attached hydrogens (tertiary/aromatic N) is 1. The molecule has 1 rings (SSSR count). The van der Waals surface area contributed by atoms with E-state index in [1.54, 1.807) is 0 Å². The highest BCUT2D eigenvalue weighted by Gasteiger charge is 2.05. The fourth-order valence-corrected chi connectivity index (χ4v) is 1.34. The topological polar surface area (TPSA) is 49.8 Å². The summed E-state index contributed by atoms with van der Waals surface area (Å²) in [7, 11) is 0. The maximum absolute atomic E-state index is 8.51. The number of halogens is 1. The highest BCUT2D eigenvalue weighted by molar-refractivity contribution is 5.85. The number of hydrogen-bond acceptors (Lipinski definition) is 2. The van der Waals surface area contributed by atoms with Gasteiger partial charge in [0.2, 0.25) is 0 Å². The largest absolute Gasteiger partial charge is 0.323 e. The van der Waals surface area contributed by atoms with Gasteiger partial charge in [-0.2, -0.15) is 5.26 Å². The molecule has 0 heterocycles. The Morgan fingerprint density at radius 3 is 2.07 bits per heavy atom. The molecule has 1 aromatic carbocycles. The molecule has 0 amide bonds. The Morgan fingerprint density at radius 1 is 1.20 bits per heavy atom. The predicted molar refractivity (Wildman–Crippen MR) is 64.9 cm³/mol. The maximum Gasteiger partial charge on any atom is 0.0641 e. The van der Waals surface area contributed by atoms with Gasteiger partial charge in [-0.15, -0.1) is 12.4 Å².